The van der Waals surface area contributed by atoms with Crippen molar-refractivity contribution in [3.8, 4) is 6.07 Å². The van der Waals surface area contributed by atoms with Crippen molar-refractivity contribution in [3.63, 3.8) is 0 Å². The Bertz CT molecular complexity index is 415. The van der Waals surface area contributed by atoms with Crippen molar-refractivity contribution >= 4 is 15.9 Å². The number of nitrogens with zero attached hydrogens (tertiary/aromatic N) is 2. The van der Waals surface area contributed by atoms with E-state index in [0.717, 1.165) is 17.6 Å². The normalized spacial score (nSPS) is 20.1. The lowest BCUT2D eigenvalue weighted by Crippen LogP contribution is -2.41. The number of benzene rings is 1. The molecule has 0 aliphatic carbocycles. The first-order valence-electron chi connectivity index (χ1n) is 6.61. The van der Waals surface area contributed by atoms with Gasteiger partial charge in [-0.1, -0.05) is 41.4 Å². The van der Waals surface area contributed by atoms with Crippen molar-refractivity contribution in [1.82, 2.24) is 4.90 Å². The maximum atomic E-state index is 9.46. The predicted molar refractivity (Wildman–Crippen MR) is 77.4 cm³/mol. The Balaban J connectivity index is 2.11. The molecule has 1 fully saturated rings. The van der Waals surface area contributed by atoms with Gasteiger partial charge in [-0.2, -0.15) is 5.26 Å². The largest absolute Gasteiger partial charge is 0.288 e. The summed E-state index contributed by atoms with van der Waals surface area (Å²) in [5.74, 6) is 0.265. The summed E-state index contributed by atoms with van der Waals surface area (Å²) in [6, 6.07) is 10.8. The minimum atomic E-state index is 0.00600. The van der Waals surface area contributed by atoms with Gasteiger partial charge >= 0.3 is 0 Å². The Kier molecular flexibility index (Phi) is 4.79. The van der Waals surface area contributed by atoms with Crippen molar-refractivity contribution in [3.05, 3.63) is 34.3 Å². The summed E-state index contributed by atoms with van der Waals surface area (Å²) < 4.78 is 1.09. The van der Waals surface area contributed by atoms with Crippen molar-refractivity contribution in [2.45, 2.75) is 38.1 Å². The molecular weight excluding hydrogens is 288 g/mol. The molecule has 1 aliphatic heterocycles. The van der Waals surface area contributed by atoms with Crippen LogP contribution in [0.25, 0.3) is 0 Å². The van der Waals surface area contributed by atoms with E-state index in [0.29, 0.717) is 0 Å². The Hall–Kier alpha value is -0.850. The second-order valence-corrected chi connectivity index (χ2v) is 5.93. The lowest BCUT2D eigenvalue weighted by Gasteiger charge is -2.34. The van der Waals surface area contributed by atoms with Crippen LogP contribution in [0.15, 0.2) is 28.7 Å². The van der Waals surface area contributed by atoms with Gasteiger partial charge in [-0.15, -0.1) is 0 Å². The van der Waals surface area contributed by atoms with Crippen LogP contribution < -0.4 is 0 Å². The van der Waals surface area contributed by atoms with Crippen LogP contribution in [0.1, 0.15) is 37.7 Å². The zero-order chi connectivity index (χ0) is 13.0. The molecule has 0 aromatic heterocycles. The molecule has 2 unspecified atom stereocenters. The van der Waals surface area contributed by atoms with Gasteiger partial charge in [0.1, 0.15) is 6.04 Å². The van der Waals surface area contributed by atoms with Crippen LogP contribution in [0.3, 0.4) is 0 Å². The van der Waals surface area contributed by atoms with Crippen LogP contribution >= 0.6 is 15.9 Å². The number of piperidine rings is 1. The number of hydrogen-bond acceptors (Lipinski definition) is 2. The van der Waals surface area contributed by atoms with Crippen LogP contribution in [0.4, 0.5) is 0 Å². The van der Waals surface area contributed by atoms with Crippen molar-refractivity contribution in [1.29, 1.82) is 5.26 Å². The van der Waals surface area contributed by atoms with Gasteiger partial charge in [0.15, 0.2) is 0 Å². The van der Waals surface area contributed by atoms with E-state index in [1.54, 1.807) is 0 Å². The molecule has 2 rings (SSSR count). The van der Waals surface area contributed by atoms with Crippen LogP contribution in [-0.2, 0) is 0 Å². The van der Waals surface area contributed by atoms with Gasteiger partial charge in [0.25, 0.3) is 0 Å². The molecule has 1 saturated heterocycles. The number of halogens is 1. The molecule has 0 spiro atoms. The molecule has 0 radical (unpaired) electrons. The van der Waals surface area contributed by atoms with Gasteiger partial charge in [0.2, 0.25) is 0 Å². The van der Waals surface area contributed by atoms with E-state index in [-0.39, 0.29) is 12.0 Å². The van der Waals surface area contributed by atoms with Gasteiger partial charge in [-0.3, -0.25) is 4.90 Å². The van der Waals surface area contributed by atoms with Crippen LogP contribution in [-0.4, -0.2) is 24.0 Å². The molecule has 0 bridgehead atoms. The molecule has 1 heterocycles. The van der Waals surface area contributed by atoms with Crippen molar-refractivity contribution in [2.75, 3.05) is 13.1 Å². The van der Waals surface area contributed by atoms with Gasteiger partial charge in [-0.05, 0) is 43.6 Å². The highest BCUT2D eigenvalue weighted by atomic mass is 79.9. The number of likely N-dealkylation sites (tertiary alicyclic amines) is 1. The summed E-state index contributed by atoms with van der Waals surface area (Å²) in [4.78, 5) is 2.34. The summed E-state index contributed by atoms with van der Waals surface area (Å²) in [5, 5.41) is 9.46. The van der Waals surface area contributed by atoms with Crippen LogP contribution in [0.5, 0.6) is 0 Å². The predicted octanol–water partition coefficient (Wildman–Crippen LogP) is 3.93. The van der Waals surface area contributed by atoms with Gasteiger partial charge in [0.05, 0.1) is 6.07 Å². The lowest BCUT2D eigenvalue weighted by atomic mass is 9.92. The molecule has 18 heavy (non-hydrogen) atoms. The fourth-order valence-electron chi connectivity index (χ4n) is 2.65. The molecule has 0 amide bonds. The molecule has 2 atom stereocenters. The number of rotatable bonds is 3. The summed E-state index contributed by atoms with van der Waals surface area (Å²) >= 11 is 3.45. The molecule has 0 saturated carbocycles. The average molecular weight is 307 g/mol. The van der Waals surface area contributed by atoms with E-state index in [2.05, 4.69) is 58.1 Å². The van der Waals surface area contributed by atoms with Crippen molar-refractivity contribution in [2.24, 2.45) is 0 Å². The Morgan fingerprint density at radius 3 is 2.33 bits per heavy atom. The first kappa shape index (κ1) is 13.6. The molecule has 0 N–H and O–H groups in total. The molecule has 2 nitrogen and oxygen atoms in total. The number of hydrogen-bond donors (Lipinski definition) is 0. The second-order valence-electron chi connectivity index (χ2n) is 5.01. The molecule has 1 aliphatic rings. The van der Waals surface area contributed by atoms with Crippen LogP contribution in [0, 0.1) is 11.3 Å². The lowest BCUT2D eigenvalue weighted by molar-refractivity contribution is 0.179. The van der Waals surface area contributed by atoms with Crippen LogP contribution in [0.2, 0.25) is 0 Å². The molecular formula is C15H19BrN2. The summed E-state index contributed by atoms with van der Waals surface area (Å²) in [7, 11) is 0. The van der Waals surface area contributed by atoms with E-state index in [1.165, 1.54) is 24.8 Å². The topological polar surface area (TPSA) is 27.0 Å². The average Bonchev–Trinajstić information content (AvgIpc) is 2.41. The minimum Gasteiger partial charge on any atom is -0.288 e. The summed E-state index contributed by atoms with van der Waals surface area (Å²) in [6.07, 6.45) is 3.76. The maximum absolute atomic E-state index is 9.46. The van der Waals surface area contributed by atoms with E-state index >= 15 is 0 Å². The highest BCUT2D eigenvalue weighted by Crippen LogP contribution is 2.26. The first-order chi connectivity index (χ1) is 8.72. The zero-order valence-electron chi connectivity index (χ0n) is 10.8. The third-order valence-electron chi connectivity index (χ3n) is 3.79. The van der Waals surface area contributed by atoms with Gasteiger partial charge in [0, 0.05) is 10.4 Å². The molecule has 96 valence electrons. The number of nitriles is 1. The highest BCUT2D eigenvalue weighted by Gasteiger charge is 2.26. The van der Waals surface area contributed by atoms with E-state index in [9.17, 15) is 5.26 Å². The Labute approximate surface area is 118 Å². The fraction of sp³-hybridized carbons (Fsp3) is 0.533. The third-order valence-corrected chi connectivity index (χ3v) is 4.31. The quantitative estimate of drug-likeness (QED) is 0.846. The van der Waals surface area contributed by atoms with Crippen molar-refractivity contribution < 1.29 is 0 Å². The third kappa shape index (κ3) is 3.13. The SMILES string of the molecule is CC(c1ccc(Br)cc1)C(C#N)N1CCCCC1. The second kappa shape index (κ2) is 6.36. The molecule has 3 heteroatoms. The Morgan fingerprint density at radius 1 is 1.17 bits per heavy atom. The monoisotopic (exact) mass is 306 g/mol. The fourth-order valence-corrected chi connectivity index (χ4v) is 2.92. The zero-order valence-corrected chi connectivity index (χ0v) is 12.4. The minimum absolute atomic E-state index is 0.00600. The Morgan fingerprint density at radius 2 is 1.78 bits per heavy atom. The van der Waals surface area contributed by atoms with E-state index < -0.39 is 0 Å². The standard InChI is InChI=1S/C15H19BrN2/c1-12(13-5-7-14(16)8-6-13)15(11-17)18-9-3-2-4-10-18/h5-8,12,15H,2-4,9-10H2,1H3. The smallest absolute Gasteiger partial charge is 0.104 e. The highest BCUT2D eigenvalue weighted by molar-refractivity contribution is 9.10. The van der Waals surface area contributed by atoms with Gasteiger partial charge in [-0.25, -0.2) is 0 Å². The summed E-state index contributed by atoms with van der Waals surface area (Å²) in [6.45, 7) is 4.30. The van der Waals surface area contributed by atoms with Gasteiger partial charge < -0.3 is 0 Å². The first-order valence-corrected chi connectivity index (χ1v) is 7.41. The molecule has 1 aromatic rings. The summed E-state index contributed by atoms with van der Waals surface area (Å²) in [5.41, 5.74) is 1.25. The maximum Gasteiger partial charge on any atom is 0.104 e. The van der Waals surface area contributed by atoms with E-state index in [1.807, 2.05) is 0 Å². The van der Waals surface area contributed by atoms with E-state index in [4.69, 9.17) is 0 Å². The molecule has 1 aromatic carbocycles.